The first-order chi connectivity index (χ1) is 14.7. The molecule has 6 nitrogen and oxygen atoms in total. The Balaban J connectivity index is 1.55. The number of hydrogen-bond acceptors (Lipinski definition) is 3. The van der Waals surface area contributed by atoms with Crippen molar-refractivity contribution in [2.75, 3.05) is 6.54 Å². The van der Waals surface area contributed by atoms with E-state index < -0.39 is 0 Å². The number of carbonyl (C=O) groups excluding carboxylic acids is 1. The standard InChI is InChI=1S/C24H27N5O/c1-16(30)25-13-11-17-7-9-18(10-8-17)22-21-15-27-23-20(12-14-26-23)29(21)24(28-22)19-5-3-2-4-6-19/h7-10,12,14-15,19,26H,2-6,11,13H2,1H3,(H,25,30). The van der Waals surface area contributed by atoms with E-state index in [2.05, 4.69) is 50.0 Å². The summed E-state index contributed by atoms with van der Waals surface area (Å²) in [7, 11) is 0. The number of aromatic nitrogens is 4. The lowest BCUT2D eigenvalue weighted by Crippen LogP contribution is -2.22. The van der Waals surface area contributed by atoms with E-state index in [9.17, 15) is 4.79 Å². The van der Waals surface area contributed by atoms with Gasteiger partial charge in [0.25, 0.3) is 0 Å². The number of nitrogens with one attached hydrogen (secondary N) is 2. The molecule has 0 radical (unpaired) electrons. The van der Waals surface area contributed by atoms with Gasteiger partial charge >= 0.3 is 0 Å². The molecule has 0 unspecified atom stereocenters. The van der Waals surface area contributed by atoms with Crippen LogP contribution in [0.25, 0.3) is 27.9 Å². The minimum Gasteiger partial charge on any atom is -0.356 e. The van der Waals surface area contributed by atoms with Crippen LogP contribution in [-0.4, -0.2) is 31.8 Å². The molecule has 30 heavy (non-hydrogen) atoms. The molecule has 154 valence electrons. The van der Waals surface area contributed by atoms with Crippen molar-refractivity contribution in [1.82, 2.24) is 24.7 Å². The summed E-state index contributed by atoms with van der Waals surface area (Å²) in [5, 5.41) is 2.85. The Morgan fingerprint density at radius 2 is 1.93 bits per heavy atom. The highest BCUT2D eigenvalue weighted by Crippen LogP contribution is 2.36. The molecule has 0 spiro atoms. The van der Waals surface area contributed by atoms with E-state index in [0.717, 1.165) is 34.4 Å². The van der Waals surface area contributed by atoms with Gasteiger partial charge in [0.15, 0.2) is 5.65 Å². The minimum atomic E-state index is 0.00918. The van der Waals surface area contributed by atoms with Crippen molar-refractivity contribution in [1.29, 1.82) is 0 Å². The Labute approximate surface area is 175 Å². The summed E-state index contributed by atoms with van der Waals surface area (Å²) in [4.78, 5) is 24.1. The number of aromatic amines is 1. The molecular formula is C24H27N5O. The molecule has 0 bridgehead atoms. The molecule has 1 aliphatic carbocycles. The van der Waals surface area contributed by atoms with Gasteiger partial charge in [-0.1, -0.05) is 43.5 Å². The Kier molecular flexibility index (Phi) is 4.99. The van der Waals surface area contributed by atoms with Gasteiger partial charge in [-0.25, -0.2) is 9.97 Å². The van der Waals surface area contributed by atoms with Crippen LogP contribution in [0.4, 0.5) is 0 Å². The second-order valence-electron chi connectivity index (χ2n) is 8.27. The second-order valence-corrected chi connectivity index (χ2v) is 8.27. The lowest BCUT2D eigenvalue weighted by molar-refractivity contribution is -0.118. The molecular weight excluding hydrogens is 374 g/mol. The summed E-state index contributed by atoms with van der Waals surface area (Å²) >= 11 is 0. The Morgan fingerprint density at radius 1 is 1.13 bits per heavy atom. The quantitative estimate of drug-likeness (QED) is 0.513. The van der Waals surface area contributed by atoms with E-state index in [0.29, 0.717) is 12.5 Å². The molecule has 1 amide bonds. The topological polar surface area (TPSA) is 75.1 Å². The fourth-order valence-electron chi connectivity index (χ4n) is 4.64. The first kappa shape index (κ1) is 18.9. The first-order valence-electron chi connectivity index (χ1n) is 10.9. The van der Waals surface area contributed by atoms with Crippen molar-refractivity contribution in [2.45, 2.75) is 51.4 Å². The molecule has 1 aromatic carbocycles. The number of carbonyl (C=O) groups is 1. The summed E-state index contributed by atoms with van der Waals surface area (Å²) in [6.45, 7) is 2.20. The number of imidazole rings is 1. The highest BCUT2D eigenvalue weighted by molar-refractivity contribution is 5.84. The summed E-state index contributed by atoms with van der Waals surface area (Å²) in [6.07, 6.45) is 11.0. The molecule has 1 aliphatic rings. The fourth-order valence-corrected chi connectivity index (χ4v) is 4.64. The van der Waals surface area contributed by atoms with Gasteiger partial charge in [-0.3, -0.25) is 9.20 Å². The molecule has 1 fully saturated rings. The molecule has 0 atom stereocenters. The van der Waals surface area contributed by atoms with Crippen LogP contribution in [0.5, 0.6) is 0 Å². The third-order valence-corrected chi connectivity index (χ3v) is 6.19. The largest absolute Gasteiger partial charge is 0.356 e. The molecule has 3 heterocycles. The Morgan fingerprint density at radius 3 is 2.70 bits per heavy atom. The molecule has 0 aliphatic heterocycles. The van der Waals surface area contributed by atoms with Crippen LogP contribution in [0, 0.1) is 0 Å². The number of H-pyrrole nitrogens is 1. The zero-order chi connectivity index (χ0) is 20.5. The maximum Gasteiger partial charge on any atom is 0.216 e. The lowest BCUT2D eigenvalue weighted by Gasteiger charge is -2.20. The third-order valence-electron chi connectivity index (χ3n) is 6.19. The van der Waals surface area contributed by atoms with Crippen LogP contribution in [0.15, 0.2) is 42.7 Å². The van der Waals surface area contributed by atoms with Crippen molar-refractivity contribution < 1.29 is 4.79 Å². The summed E-state index contributed by atoms with van der Waals surface area (Å²) in [5.74, 6) is 1.67. The maximum atomic E-state index is 11.1. The van der Waals surface area contributed by atoms with E-state index in [1.807, 2.05) is 12.4 Å². The molecule has 3 aromatic heterocycles. The lowest BCUT2D eigenvalue weighted by atomic mass is 9.89. The van der Waals surface area contributed by atoms with E-state index >= 15 is 0 Å². The highest BCUT2D eigenvalue weighted by Gasteiger charge is 2.24. The van der Waals surface area contributed by atoms with Gasteiger partial charge in [-0.15, -0.1) is 0 Å². The van der Waals surface area contributed by atoms with Crippen LogP contribution in [0.2, 0.25) is 0 Å². The average Bonchev–Trinajstić information content (AvgIpc) is 3.39. The van der Waals surface area contributed by atoms with Gasteiger partial charge in [0.2, 0.25) is 5.91 Å². The monoisotopic (exact) mass is 401 g/mol. The number of benzene rings is 1. The van der Waals surface area contributed by atoms with Crippen LogP contribution >= 0.6 is 0 Å². The molecule has 5 rings (SSSR count). The van der Waals surface area contributed by atoms with Crippen molar-refractivity contribution >= 4 is 22.6 Å². The molecule has 6 heteroatoms. The molecule has 0 saturated heterocycles. The zero-order valence-electron chi connectivity index (χ0n) is 17.3. The van der Waals surface area contributed by atoms with Gasteiger partial charge in [-0.05, 0) is 30.9 Å². The van der Waals surface area contributed by atoms with Crippen LogP contribution in [0.1, 0.15) is 56.3 Å². The predicted octanol–water partition coefficient (Wildman–Crippen LogP) is 4.60. The SMILES string of the molecule is CC(=O)NCCc1ccc(-c2nc(C3CCCCC3)n3c2cnc2[nH]ccc23)cc1. The smallest absolute Gasteiger partial charge is 0.216 e. The third kappa shape index (κ3) is 3.47. The van der Waals surface area contributed by atoms with Gasteiger partial charge in [0.05, 0.1) is 22.9 Å². The van der Waals surface area contributed by atoms with Crippen molar-refractivity contribution in [3.05, 3.63) is 54.1 Å². The van der Waals surface area contributed by atoms with E-state index in [4.69, 9.17) is 4.98 Å². The van der Waals surface area contributed by atoms with Crippen molar-refractivity contribution in [2.24, 2.45) is 0 Å². The van der Waals surface area contributed by atoms with Gasteiger partial charge < -0.3 is 10.3 Å². The molecule has 4 aromatic rings. The summed E-state index contributed by atoms with van der Waals surface area (Å²) in [6, 6.07) is 10.6. The Hall–Kier alpha value is -3.15. The maximum absolute atomic E-state index is 11.1. The highest BCUT2D eigenvalue weighted by atomic mass is 16.1. The number of hydrogen-bond donors (Lipinski definition) is 2. The van der Waals surface area contributed by atoms with E-state index in [1.165, 1.54) is 43.5 Å². The normalized spacial score (nSPS) is 15.1. The first-order valence-corrected chi connectivity index (χ1v) is 10.9. The average molecular weight is 402 g/mol. The van der Waals surface area contributed by atoms with Crippen LogP contribution < -0.4 is 5.32 Å². The molecule has 2 N–H and O–H groups in total. The van der Waals surface area contributed by atoms with Gasteiger partial charge in [-0.2, -0.15) is 0 Å². The summed E-state index contributed by atoms with van der Waals surface area (Å²) in [5.41, 5.74) is 6.37. The number of nitrogens with zero attached hydrogens (tertiary/aromatic N) is 3. The second kappa shape index (κ2) is 7.94. The van der Waals surface area contributed by atoms with E-state index in [1.54, 1.807) is 6.92 Å². The Bertz CT molecular complexity index is 1180. The number of fused-ring (bicyclic) bond motifs is 3. The summed E-state index contributed by atoms with van der Waals surface area (Å²) < 4.78 is 2.31. The van der Waals surface area contributed by atoms with E-state index in [-0.39, 0.29) is 5.91 Å². The van der Waals surface area contributed by atoms with Gasteiger partial charge in [0, 0.05) is 31.1 Å². The number of amides is 1. The van der Waals surface area contributed by atoms with Crippen molar-refractivity contribution in [3.8, 4) is 11.3 Å². The fraction of sp³-hybridized carbons (Fsp3) is 0.375. The zero-order valence-corrected chi connectivity index (χ0v) is 17.3. The minimum absolute atomic E-state index is 0.00918. The van der Waals surface area contributed by atoms with Crippen LogP contribution in [-0.2, 0) is 11.2 Å². The van der Waals surface area contributed by atoms with Crippen molar-refractivity contribution in [3.63, 3.8) is 0 Å². The van der Waals surface area contributed by atoms with Gasteiger partial charge in [0.1, 0.15) is 5.82 Å². The number of rotatable bonds is 5. The predicted molar refractivity (Wildman–Crippen MR) is 118 cm³/mol. The molecule has 1 saturated carbocycles. The van der Waals surface area contributed by atoms with Crippen LogP contribution in [0.3, 0.4) is 0 Å².